The van der Waals surface area contributed by atoms with Crippen LogP contribution in [0.2, 0.25) is 0 Å². The molecule has 1 amide bonds. The molecule has 9 nitrogen and oxygen atoms in total. The smallest absolute Gasteiger partial charge is 0.344 e. The number of amides is 1. The van der Waals surface area contributed by atoms with Crippen LogP contribution in [0.4, 0.5) is 0 Å². The standard InChI is InChI=1S/C22H21N3O6/c1-14(22(27)28)31-17-9-8-15(11-19(17)29-2)12-24-25-20(26)13-30-18-7-3-5-16-6-4-10-23-21(16)18/h3-12,14H,13H2,1-2H3,(H,25,26)(H,27,28)/b24-12+. The number of hydrogen-bond acceptors (Lipinski definition) is 7. The Kier molecular flexibility index (Phi) is 7.00. The molecule has 0 aliphatic heterocycles. The highest BCUT2D eigenvalue weighted by molar-refractivity contribution is 5.86. The van der Waals surface area contributed by atoms with Crippen LogP contribution in [0.25, 0.3) is 10.9 Å². The van der Waals surface area contributed by atoms with Gasteiger partial charge >= 0.3 is 5.97 Å². The first-order valence-corrected chi connectivity index (χ1v) is 9.34. The molecule has 1 heterocycles. The van der Waals surface area contributed by atoms with Crippen LogP contribution < -0.4 is 19.6 Å². The molecule has 0 bridgehead atoms. The highest BCUT2D eigenvalue weighted by Crippen LogP contribution is 2.28. The summed E-state index contributed by atoms with van der Waals surface area (Å²) in [5, 5.41) is 13.8. The third kappa shape index (κ3) is 5.69. The normalized spacial score (nSPS) is 11.8. The van der Waals surface area contributed by atoms with E-state index in [2.05, 4.69) is 15.5 Å². The fourth-order valence-corrected chi connectivity index (χ4v) is 2.65. The minimum absolute atomic E-state index is 0.226. The Morgan fingerprint density at radius 2 is 1.97 bits per heavy atom. The van der Waals surface area contributed by atoms with Crippen molar-refractivity contribution in [2.45, 2.75) is 13.0 Å². The van der Waals surface area contributed by atoms with Gasteiger partial charge in [0.15, 0.2) is 24.2 Å². The van der Waals surface area contributed by atoms with Gasteiger partial charge in [0, 0.05) is 11.6 Å². The van der Waals surface area contributed by atoms with Crippen molar-refractivity contribution >= 4 is 29.0 Å². The van der Waals surface area contributed by atoms with Gasteiger partial charge in [-0.3, -0.25) is 9.78 Å². The van der Waals surface area contributed by atoms with Gasteiger partial charge in [0.25, 0.3) is 5.91 Å². The first kappa shape index (κ1) is 21.6. The highest BCUT2D eigenvalue weighted by Gasteiger charge is 2.15. The van der Waals surface area contributed by atoms with Gasteiger partial charge in [0.2, 0.25) is 0 Å². The van der Waals surface area contributed by atoms with E-state index in [1.807, 2.05) is 24.3 Å². The Balaban J connectivity index is 1.57. The summed E-state index contributed by atoms with van der Waals surface area (Å²) in [7, 11) is 1.44. The van der Waals surface area contributed by atoms with Gasteiger partial charge in [0.1, 0.15) is 11.3 Å². The van der Waals surface area contributed by atoms with Crippen molar-refractivity contribution in [3.63, 3.8) is 0 Å². The van der Waals surface area contributed by atoms with E-state index in [1.54, 1.807) is 30.5 Å². The van der Waals surface area contributed by atoms with Gasteiger partial charge in [0.05, 0.1) is 13.3 Å². The number of nitrogens with zero attached hydrogens (tertiary/aromatic N) is 2. The first-order chi connectivity index (χ1) is 15.0. The molecule has 1 atom stereocenters. The third-order valence-electron chi connectivity index (χ3n) is 4.20. The lowest BCUT2D eigenvalue weighted by Crippen LogP contribution is -2.24. The molecule has 160 valence electrons. The maximum atomic E-state index is 12.0. The van der Waals surface area contributed by atoms with Crippen LogP contribution in [0.5, 0.6) is 17.2 Å². The second-order valence-electron chi connectivity index (χ2n) is 6.42. The Labute approximate surface area is 178 Å². The van der Waals surface area contributed by atoms with Crippen molar-refractivity contribution in [1.29, 1.82) is 0 Å². The molecule has 0 aliphatic rings. The monoisotopic (exact) mass is 423 g/mol. The van der Waals surface area contributed by atoms with Crippen LogP contribution in [-0.2, 0) is 9.59 Å². The number of carboxylic acids is 1. The molecule has 1 aromatic heterocycles. The number of carbonyl (C=O) groups excluding carboxylic acids is 1. The van der Waals surface area contributed by atoms with E-state index in [9.17, 15) is 9.59 Å². The Morgan fingerprint density at radius 3 is 2.74 bits per heavy atom. The number of rotatable bonds is 9. The molecule has 0 saturated carbocycles. The summed E-state index contributed by atoms with van der Waals surface area (Å²) in [5.41, 5.74) is 3.68. The number of hydrazone groups is 1. The van der Waals surface area contributed by atoms with Gasteiger partial charge < -0.3 is 19.3 Å². The lowest BCUT2D eigenvalue weighted by Gasteiger charge is -2.14. The van der Waals surface area contributed by atoms with E-state index in [4.69, 9.17) is 19.3 Å². The third-order valence-corrected chi connectivity index (χ3v) is 4.20. The summed E-state index contributed by atoms with van der Waals surface area (Å²) in [6.07, 6.45) is 2.06. The van der Waals surface area contributed by atoms with Crippen molar-refractivity contribution in [3.05, 3.63) is 60.3 Å². The van der Waals surface area contributed by atoms with E-state index in [1.165, 1.54) is 20.2 Å². The highest BCUT2D eigenvalue weighted by atomic mass is 16.5. The lowest BCUT2D eigenvalue weighted by molar-refractivity contribution is -0.144. The topological polar surface area (TPSA) is 119 Å². The van der Waals surface area contributed by atoms with Crippen LogP contribution in [0, 0.1) is 0 Å². The average molecular weight is 423 g/mol. The van der Waals surface area contributed by atoms with Gasteiger partial charge in [-0.2, -0.15) is 5.10 Å². The molecule has 9 heteroatoms. The molecule has 1 unspecified atom stereocenters. The number of carboxylic acid groups (broad SMARTS) is 1. The van der Waals surface area contributed by atoms with Gasteiger partial charge in [-0.25, -0.2) is 10.2 Å². The molecule has 0 saturated heterocycles. The second-order valence-corrected chi connectivity index (χ2v) is 6.42. The Bertz CT molecular complexity index is 1110. The molecule has 0 radical (unpaired) electrons. The van der Waals surface area contributed by atoms with Crippen molar-refractivity contribution in [2.75, 3.05) is 13.7 Å². The van der Waals surface area contributed by atoms with Gasteiger partial charge in [-0.1, -0.05) is 18.2 Å². The number of nitrogens with one attached hydrogen (secondary N) is 1. The van der Waals surface area contributed by atoms with Crippen molar-refractivity contribution in [3.8, 4) is 17.2 Å². The van der Waals surface area contributed by atoms with Crippen LogP contribution in [0.15, 0.2) is 59.8 Å². The Morgan fingerprint density at radius 1 is 1.16 bits per heavy atom. The molecule has 2 N–H and O–H groups in total. The van der Waals surface area contributed by atoms with Crippen LogP contribution in [0.3, 0.4) is 0 Å². The average Bonchev–Trinajstić information content (AvgIpc) is 2.78. The molecule has 3 rings (SSSR count). The van der Waals surface area contributed by atoms with E-state index in [0.29, 0.717) is 22.6 Å². The number of para-hydroxylation sites is 1. The number of carbonyl (C=O) groups is 2. The number of hydrogen-bond donors (Lipinski definition) is 2. The molecular formula is C22H21N3O6. The quantitative estimate of drug-likeness (QED) is 0.401. The van der Waals surface area contributed by atoms with E-state index in [0.717, 1.165) is 5.39 Å². The second kappa shape index (κ2) is 10.1. The van der Waals surface area contributed by atoms with Crippen LogP contribution >= 0.6 is 0 Å². The lowest BCUT2D eigenvalue weighted by atomic mass is 10.2. The van der Waals surface area contributed by atoms with E-state index < -0.39 is 18.0 Å². The van der Waals surface area contributed by atoms with Gasteiger partial charge in [-0.05, 0) is 42.8 Å². The fraction of sp³-hybridized carbons (Fsp3) is 0.182. The van der Waals surface area contributed by atoms with Crippen molar-refractivity contribution < 1.29 is 28.9 Å². The number of benzene rings is 2. The summed E-state index contributed by atoms with van der Waals surface area (Å²) in [5.74, 6) is -0.387. The van der Waals surface area contributed by atoms with E-state index >= 15 is 0 Å². The number of aliphatic carboxylic acids is 1. The SMILES string of the molecule is COc1cc(/C=N/NC(=O)COc2cccc3cccnc23)ccc1OC(C)C(=O)O. The fourth-order valence-electron chi connectivity index (χ4n) is 2.65. The summed E-state index contributed by atoms with van der Waals surface area (Å²) in [6, 6.07) is 14.0. The number of fused-ring (bicyclic) bond motifs is 1. The predicted molar refractivity (Wildman–Crippen MR) is 114 cm³/mol. The number of ether oxygens (including phenoxy) is 3. The number of methoxy groups -OCH3 is 1. The zero-order valence-corrected chi connectivity index (χ0v) is 16.9. The summed E-state index contributed by atoms with van der Waals surface area (Å²) < 4.78 is 16.1. The van der Waals surface area contributed by atoms with Crippen LogP contribution in [0.1, 0.15) is 12.5 Å². The molecule has 0 aliphatic carbocycles. The molecular weight excluding hydrogens is 402 g/mol. The molecule has 2 aromatic carbocycles. The summed E-state index contributed by atoms with van der Waals surface area (Å²) in [6.45, 7) is 1.19. The predicted octanol–water partition coefficient (Wildman–Crippen LogP) is 2.62. The maximum Gasteiger partial charge on any atom is 0.344 e. The van der Waals surface area contributed by atoms with Crippen molar-refractivity contribution in [2.24, 2.45) is 5.10 Å². The maximum absolute atomic E-state index is 12.0. The van der Waals surface area contributed by atoms with Gasteiger partial charge in [-0.15, -0.1) is 0 Å². The zero-order chi connectivity index (χ0) is 22.2. The molecule has 0 fully saturated rings. The van der Waals surface area contributed by atoms with Crippen LogP contribution in [-0.4, -0.2) is 48.0 Å². The molecule has 0 spiro atoms. The zero-order valence-electron chi connectivity index (χ0n) is 16.9. The Hall–Kier alpha value is -4.14. The van der Waals surface area contributed by atoms with E-state index in [-0.39, 0.29) is 12.4 Å². The first-order valence-electron chi connectivity index (χ1n) is 9.34. The summed E-state index contributed by atoms with van der Waals surface area (Å²) in [4.78, 5) is 27.2. The minimum atomic E-state index is -1.09. The number of aromatic nitrogens is 1. The summed E-state index contributed by atoms with van der Waals surface area (Å²) >= 11 is 0. The molecule has 3 aromatic rings. The molecule has 31 heavy (non-hydrogen) atoms. The van der Waals surface area contributed by atoms with Crippen molar-refractivity contribution in [1.82, 2.24) is 10.4 Å². The largest absolute Gasteiger partial charge is 0.493 e. The number of pyridine rings is 1. The minimum Gasteiger partial charge on any atom is -0.493 e.